The molecule has 0 rings (SSSR count). The number of carboxylic acid groups (broad SMARTS) is 3. The van der Waals surface area contributed by atoms with Crippen LogP contribution in [0.2, 0.25) is 0 Å². The molecular weight excluding hydrogens is 335 g/mol. The summed E-state index contributed by atoms with van der Waals surface area (Å²) in [7, 11) is 0. The zero-order valence-corrected chi connectivity index (χ0v) is 14.1. The first-order valence-corrected chi connectivity index (χ1v) is 3.17. The van der Waals surface area contributed by atoms with Crippen LogP contribution in [0.5, 0.6) is 0 Å². The van der Waals surface area contributed by atoms with Crippen LogP contribution in [0.25, 0.3) is 0 Å². The fourth-order valence-corrected chi connectivity index (χ4v) is 0.714. The van der Waals surface area contributed by atoms with Crippen LogP contribution < -0.4 is 51.4 Å². The molecule has 0 unspecified atom stereocenters. The molecule has 0 saturated heterocycles. The number of hydrogen-bond donors (Lipinski definition) is 4. The number of carboxylic acids is 3. The summed E-state index contributed by atoms with van der Waals surface area (Å²) in [5, 5.41) is 33.8. The number of rotatable bonds is 5. The van der Waals surface area contributed by atoms with Crippen LogP contribution in [-0.4, -0.2) is 82.3 Å². The molecule has 0 aliphatic carbocycles. The SMILES string of the molecule is O.O.O.O.O.O.O.O=C(O)CC(O)(CC(=O)O)C(=O)O.[H-].[K+]. The van der Waals surface area contributed by atoms with Gasteiger partial charge in [0, 0.05) is 0 Å². The Balaban J connectivity index is -0.0000000200. The zero-order valence-electron chi connectivity index (χ0n) is 11.9. The van der Waals surface area contributed by atoms with Crippen molar-refractivity contribution in [2.24, 2.45) is 0 Å². The van der Waals surface area contributed by atoms with Crippen LogP contribution in [-0.2, 0) is 14.4 Å². The molecule has 132 valence electrons. The van der Waals surface area contributed by atoms with E-state index in [0.29, 0.717) is 0 Å². The van der Waals surface area contributed by atoms with E-state index < -0.39 is 36.4 Å². The smallest absolute Gasteiger partial charge is 1.00 e. The summed E-state index contributed by atoms with van der Waals surface area (Å²) < 4.78 is 0. The Hall–Kier alpha value is -0.274. The molecule has 0 aliphatic rings. The largest absolute Gasteiger partial charge is 1.00 e. The molecule has 0 fully saturated rings. The normalized spacial score (nSPS) is 6.71. The van der Waals surface area contributed by atoms with Gasteiger partial charge in [0.15, 0.2) is 5.60 Å². The number of hydrogen-bond acceptors (Lipinski definition) is 4. The van der Waals surface area contributed by atoms with Crippen LogP contribution >= 0.6 is 0 Å². The Morgan fingerprint density at radius 2 is 0.905 bits per heavy atom. The van der Waals surface area contributed by atoms with Crippen molar-refractivity contribution in [3.05, 3.63) is 0 Å². The van der Waals surface area contributed by atoms with Gasteiger partial charge in [-0.1, -0.05) is 0 Å². The van der Waals surface area contributed by atoms with E-state index in [4.69, 9.17) is 20.4 Å². The van der Waals surface area contributed by atoms with Crippen molar-refractivity contribution in [2.45, 2.75) is 18.4 Å². The van der Waals surface area contributed by atoms with Crippen LogP contribution in [0.3, 0.4) is 0 Å². The quantitative estimate of drug-likeness (QED) is 0.343. The Bertz CT molecular complexity index is 244. The first-order valence-electron chi connectivity index (χ1n) is 3.17. The van der Waals surface area contributed by atoms with Crippen LogP contribution in [0.1, 0.15) is 14.3 Å². The molecule has 18 N–H and O–H groups in total. The zero-order chi connectivity index (χ0) is 10.6. The number of aliphatic hydroxyl groups is 1. The first-order chi connectivity index (χ1) is 5.78. The van der Waals surface area contributed by atoms with Crippen molar-refractivity contribution in [1.29, 1.82) is 0 Å². The minimum atomic E-state index is -2.74. The number of carbonyl (C=O) groups is 3. The molecule has 14 nitrogen and oxygen atoms in total. The minimum Gasteiger partial charge on any atom is -1.00 e. The molecular formula is C6H23KO14. The molecule has 0 bridgehead atoms. The van der Waals surface area contributed by atoms with Crippen LogP contribution in [0, 0.1) is 0 Å². The van der Waals surface area contributed by atoms with Crippen molar-refractivity contribution in [3.63, 3.8) is 0 Å². The molecule has 0 aromatic heterocycles. The third-order valence-corrected chi connectivity index (χ3v) is 1.29. The Labute approximate surface area is 161 Å². The fraction of sp³-hybridized carbons (Fsp3) is 0.500. The number of aliphatic carboxylic acids is 3. The van der Waals surface area contributed by atoms with Gasteiger partial charge in [-0.25, -0.2) is 4.79 Å². The summed E-state index contributed by atoms with van der Waals surface area (Å²) in [4.78, 5) is 30.5. The average molecular weight is 358 g/mol. The van der Waals surface area contributed by atoms with Crippen molar-refractivity contribution >= 4 is 17.9 Å². The molecule has 21 heavy (non-hydrogen) atoms. The third kappa shape index (κ3) is 25.1. The van der Waals surface area contributed by atoms with Crippen molar-refractivity contribution in [1.82, 2.24) is 0 Å². The van der Waals surface area contributed by atoms with E-state index in [-0.39, 0.29) is 91.1 Å². The third-order valence-electron chi connectivity index (χ3n) is 1.29. The molecule has 0 amide bonds. The second-order valence-corrected chi connectivity index (χ2v) is 2.48. The minimum absolute atomic E-state index is 0. The first kappa shape index (κ1) is 58.7. The van der Waals surface area contributed by atoms with Crippen LogP contribution in [0.4, 0.5) is 0 Å². The summed E-state index contributed by atoms with van der Waals surface area (Å²) in [6.07, 6.45) is -2.29. The molecule has 0 saturated carbocycles. The molecule has 0 aromatic carbocycles. The predicted octanol–water partition coefficient (Wildman–Crippen LogP) is -9.90. The van der Waals surface area contributed by atoms with E-state index in [0.717, 1.165) is 0 Å². The maximum absolute atomic E-state index is 10.3. The molecule has 0 radical (unpaired) electrons. The molecule has 0 spiro atoms. The predicted molar refractivity (Wildman–Crippen MR) is 63.5 cm³/mol. The summed E-state index contributed by atoms with van der Waals surface area (Å²) in [6, 6.07) is 0. The Morgan fingerprint density at radius 1 is 0.714 bits per heavy atom. The van der Waals surface area contributed by atoms with Gasteiger partial charge < -0.3 is 60.2 Å². The average Bonchev–Trinajstić information content (AvgIpc) is 1.82. The summed E-state index contributed by atoms with van der Waals surface area (Å²) in [6.45, 7) is 0. The molecule has 0 atom stereocenters. The topological polar surface area (TPSA) is 353 Å². The van der Waals surface area contributed by atoms with Crippen molar-refractivity contribution in [3.8, 4) is 0 Å². The molecule has 0 heterocycles. The van der Waals surface area contributed by atoms with Gasteiger partial charge in [-0.2, -0.15) is 0 Å². The van der Waals surface area contributed by atoms with E-state index in [9.17, 15) is 14.4 Å². The Morgan fingerprint density at radius 3 is 1.00 bits per heavy atom. The molecule has 0 aromatic rings. The second-order valence-electron chi connectivity index (χ2n) is 2.48. The fourth-order valence-electron chi connectivity index (χ4n) is 0.714. The molecule has 0 aliphatic heterocycles. The van der Waals surface area contributed by atoms with Gasteiger partial charge in [0.2, 0.25) is 0 Å². The van der Waals surface area contributed by atoms with Gasteiger partial charge in [0.1, 0.15) is 0 Å². The van der Waals surface area contributed by atoms with E-state index in [2.05, 4.69) is 0 Å². The Kier molecular flexibility index (Phi) is 69.1. The van der Waals surface area contributed by atoms with Crippen molar-refractivity contribution in [2.75, 3.05) is 0 Å². The van der Waals surface area contributed by atoms with Gasteiger partial charge in [-0.3, -0.25) is 9.59 Å². The molecule has 15 heteroatoms. The summed E-state index contributed by atoms with van der Waals surface area (Å²) in [5.41, 5.74) is -2.74. The van der Waals surface area contributed by atoms with Gasteiger partial charge in [-0.15, -0.1) is 0 Å². The van der Waals surface area contributed by atoms with Gasteiger partial charge >= 0.3 is 69.3 Å². The van der Waals surface area contributed by atoms with E-state index in [1.807, 2.05) is 0 Å². The monoisotopic (exact) mass is 358 g/mol. The van der Waals surface area contributed by atoms with E-state index in [1.54, 1.807) is 0 Å². The van der Waals surface area contributed by atoms with Crippen LogP contribution in [0.15, 0.2) is 0 Å². The van der Waals surface area contributed by atoms with Gasteiger partial charge in [0.05, 0.1) is 12.8 Å². The van der Waals surface area contributed by atoms with E-state index in [1.165, 1.54) is 0 Å². The maximum Gasteiger partial charge on any atom is 1.00 e. The standard InChI is InChI=1S/C6H8O7.K.7H2O.H/c7-3(8)1-6(13,5(11)12)2-4(9)10;;;;;;;;;/h13H,1-2H2,(H,7,8)(H,9,10)(H,11,12);;7*1H2;/q;+1;;;;;;;;-1. The van der Waals surface area contributed by atoms with Gasteiger partial charge in [-0.05, 0) is 0 Å². The van der Waals surface area contributed by atoms with Crippen molar-refractivity contribution < 1.29 is 126 Å². The van der Waals surface area contributed by atoms with Gasteiger partial charge in [0.25, 0.3) is 0 Å². The maximum atomic E-state index is 10.3. The van der Waals surface area contributed by atoms with E-state index >= 15 is 0 Å². The second kappa shape index (κ2) is 24.7. The summed E-state index contributed by atoms with van der Waals surface area (Å²) >= 11 is 0. The summed E-state index contributed by atoms with van der Waals surface area (Å²) in [5.74, 6) is -5.02.